The number of rotatable bonds is 10. The summed E-state index contributed by atoms with van der Waals surface area (Å²) < 4.78 is 2.43. The maximum Gasteiger partial charge on any atom is 0.0951 e. The van der Waals surface area contributed by atoms with Crippen LogP contribution in [0.3, 0.4) is 0 Å². The molecule has 1 aromatic rings. The normalized spacial score (nSPS) is 13.6. The summed E-state index contributed by atoms with van der Waals surface area (Å²) >= 11 is 0. The molecule has 21 heavy (non-hydrogen) atoms. The molecule has 1 atom stereocenters. The van der Waals surface area contributed by atoms with E-state index in [1.54, 1.807) is 0 Å². The molecule has 1 rings (SSSR count). The summed E-state index contributed by atoms with van der Waals surface area (Å²) in [5.41, 5.74) is 3.04. The van der Waals surface area contributed by atoms with E-state index in [1.807, 2.05) is 0 Å². The Morgan fingerprint density at radius 2 is 1.76 bits per heavy atom. The van der Waals surface area contributed by atoms with Gasteiger partial charge in [0.1, 0.15) is 0 Å². The van der Waals surface area contributed by atoms with Crippen LogP contribution in [0.4, 0.5) is 0 Å². The highest BCUT2D eigenvalue weighted by molar-refractivity contribution is 5.25. The lowest BCUT2D eigenvalue weighted by atomic mass is 9.80. The van der Waals surface area contributed by atoms with Crippen LogP contribution in [-0.4, -0.2) is 9.55 Å². The van der Waals surface area contributed by atoms with Crippen LogP contribution in [-0.2, 0) is 12.0 Å². The van der Waals surface area contributed by atoms with E-state index in [0.29, 0.717) is 5.92 Å². The molecule has 0 aliphatic heterocycles. The summed E-state index contributed by atoms with van der Waals surface area (Å²) in [6, 6.07) is 0. The smallest absolute Gasteiger partial charge is 0.0951 e. The fourth-order valence-electron chi connectivity index (χ4n) is 3.07. The van der Waals surface area contributed by atoms with Crippen LogP contribution in [0.5, 0.6) is 0 Å². The van der Waals surface area contributed by atoms with Crippen LogP contribution >= 0.6 is 0 Å². The third kappa shape index (κ3) is 4.86. The van der Waals surface area contributed by atoms with Crippen molar-refractivity contribution >= 4 is 0 Å². The molecule has 2 heteroatoms. The minimum absolute atomic E-state index is 0.200. The van der Waals surface area contributed by atoms with Gasteiger partial charge in [0.2, 0.25) is 0 Å². The fourth-order valence-corrected chi connectivity index (χ4v) is 3.07. The van der Waals surface area contributed by atoms with Gasteiger partial charge in [0.05, 0.1) is 12.0 Å². The van der Waals surface area contributed by atoms with E-state index in [9.17, 15) is 0 Å². The van der Waals surface area contributed by atoms with Crippen molar-refractivity contribution in [1.82, 2.24) is 9.55 Å². The van der Waals surface area contributed by atoms with Crippen molar-refractivity contribution in [3.8, 4) is 0 Å². The van der Waals surface area contributed by atoms with Crippen LogP contribution in [0.1, 0.15) is 104 Å². The van der Waals surface area contributed by atoms with E-state index in [-0.39, 0.29) is 5.41 Å². The quantitative estimate of drug-likeness (QED) is 0.480. The zero-order valence-electron chi connectivity index (χ0n) is 15.2. The van der Waals surface area contributed by atoms with E-state index < -0.39 is 0 Å². The monoisotopic (exact) mass is 292 g/mol. The molecule has 0 amide bonds. The van der Waals surface area contributed by atoms with E-state index in [4.69, 9.17) is 4.98 Å². The molecule has 1 aromatic heterocycles. The first-order valence-electron chi connectivity index (χ1n) is 9.03. The van der Waals surface area contributed by atoms with Crippen LogP contribution < -0.4 is 0 Å². The van der Waals surface area contributed by atoms with E-state index >= 15 is 0 Å². The Bertz CT molecular complexity index is 404. The Labute approximate surface area is 132 Å². The van der Waals surface area contributed by atoms with Crippen molar-refractivity contribution in [2.45, 2.75) is 104 Å². The fraction of sp³-hybridized carbons (Fsp3) is 0.842. The van der Waals surface area contributed by atoms with Crippen LogP contribution in [0.2, 0.25) is 0 Å². The molecular formula is C19H36N2. The van der Waals surface area contributed by atoms with Crippen molar-refractivity contribution in [2.24, 2.45) is 0 Å². The SMILES string of the molecule is CCCCCC(C)(C)c1ncn(CCCC)c1C(C)CC. The maximum atomic E-state index is 4.85. The van der Waals surface area contributed by atoms with Gasteiger partial charge < -0.3 is 4.57 Å². The average Bonchev–Trinajstić information content (AvgIpc) is 2.89. The number of aromatic nitrogens is 2. The first-order chi connectivity index (χ1) is 9.97. The summed E-state index contributed by atoms with van der Waals surface area (Å²) in [5.74, 6) is 0.602. The summed E-state index contributed by atoms with van der Waals surface area (Å²) in [6.45, 7) is 15.0. The number of unbranched alkanes of at least 4 members (excludes halogenated alkanes) is 3. The van der Waals surface area contributed by atoms with Crippen LogP contribution in [0.15, 0.2) is 6.33 Å². The number of nitrogens with zero attached hydrogens (tertiary/aromatic N) is 2. The first-order valence-corrected chi connectivity index (χ1v) is 9.03. The van der Waals surface area contributed by atoms with Crippen LogP contribution in [0.25, 0.3) is 0 Å². The molecule has 0 aliphatic carbocycles. The minimum Gasteiger partial charge on any atom is -0.334 e. The Hall–Kier alpha value is -0.790. The van der Waals surface area contributed by atoms with Gasteiger partial charge in [-0.15, -0.1) is 0 Å². The Kier molecular flexibility index (Phi) is 7.48. The molecule has 0 saturated heterocycles. The number of hydrogen-bond acceptors (Lipinski definition) is 1. The molecule has 0 aromatic carbocycles. The van der Waals surface area contributed by atoms with Crippen molar-refractivity contribution in [3.05, 3.63) is 17.7 Å². The maximum absolute atomic E-state index is 4.85. The molecule has 122 valence electrons. The van der Waals surface area contributed by atoms with E-state index in [0.717, 1.165) is 6.54 Å². The van der Waals surface area contributed by atoms with Gasteiger partial charge in [-0.25, -0.2) is 4.98 Å². The highest BCUT2D eigenvalue weighted by Crippen LogP contribution is 2.35. The molecule has 1 unspecified atom stereocenters. The third-order valence-corrected chi connectivity index (χ3v) is 4.76. The van der Waals surface area contributed by atoms with E-state index in [1.165, 1.54) is 56.3 Å². The predicted molar refractivity (Wildman–Crippen MR) is 93.0 cm³/mol. The lowest BCUT2D eigenvalue weighted by Gasteiger charge is -2.26. The van der Waals surface area contributed by atoms with Crippen molar-refractivity contribution in [1.29, 1.82) is 0 Å². The Morgan fingerprint density at radius 3 is 2.33 bits per heavy atom. The molecule has 0 aliphatic rings. The van der Waals surface area contributed by atoms with E-state index in [2.05, 4.69) is 52.4 Å². The molecule has 2 nitrogen and oxygen atoms in total. The number of aryl methyl sites for hydroxylation is 1. The molecule has 0 fully saturated rings. The lowest BCUT2D eigenvalue weighted by Crippen LogP contribution is -2.21. The zero-order chi connectivity index (χ0) is 15.9. The van der Waals surface area contributed by atoms with Crippen LogP contribution in [0, 0.1) is 0 Å². The van der Waals surface area contributed by atoms with Gasteiger partial charge in [-0.05, 0) is 25.2 Å². The van der Waals surface area contributed by atoms with Gasteiger partial charge in [0, 0.05) is 17.7 Å². The second-order valence-corrected chi connectivity index (χ2v) is 7.18. The summed E-state index contributed by atoms with van der Waals surface area (Å²) in [5, 5.41) is 0. The Balaban J connectivity index is 3.01. The largest absolute Gasteiger partial charge is 0.334 e. The van der Waals surface area contributed by atoms with Gasteiger partial charge in [-0.1, -0.05) is 67.2 Å². The number of imidazole rings is 1. The standard InChI is InChI=1S/C19H36N2/c1-7-10-12-13-19(5,6)18-17(16(4)9-3)21(15-20-18)14-11-8-2/h15-16H,7-14H2,1-6H3. The minimum atomic E-state index is 0.200. The highest BCUT2D eigenvalue weighted by Gasteiger charge is 2.29. The Morgan fingerprint density at radius 1 is 1.10 bits per heavy atom. The van der Waals surface area contributed by atoms with Gasteiger partial charge in [0.25, 0.3) is 0 Å². The lowest BCUT2D eigenvalue weighted by molar-refractivity contribution is 0.430. The highest BCUT2D eigenvalue weighted by atomic mass is 15.1. The molecule has 0 saturated carbocycles. The molecule has 0 N–H and O–H groups in total. The molecular weight excluding hydrogens is 256 g/mol. The zero-order valence-corrected chi connectivity index (χ0v) is 15.2. The first kappa shape index (κ1) is 18.3. The van der Waals surface area contributed by atoms with Crippen molar-refractivity contribution in [2.75, 3.05) is 0 Å². The predicted octanol–water partition coefficient (Wildman–Crippen LogP) is 6.05. The molecule has 0 bridgehead atoms. The van der Waals surface area contributed by atoms with Gasteiger partial charge in [0.15, 0.2) is 0 Å². The van der Waals surface area contributed by atoms with Crippen molar-refractivity contribution in [3.63, 3.8) is 0 Å². The topological polar surface area (TPSA) is 17.8 Å². The molecule has 1 heterocycles. The summed E-state index contributed by atoms with van der Waals surface area (Å²) in [7, 11) is 0. The molecule has 0 spiro atoms. The average molecular weight is 293 g/mol. The summed E-state index contributed by atoms with van der Waals surface area (Å²) in [6.07, 6.45) is 10.9. The number of hydrogen-bond donors (Lipinski definition) is 0. The van der Waals surface area contributed by atoms with Gasteiger partial charge in [-0.3, -0.25) is 0 Å². The molecule has 0 radical (unpaired) electrons. The van der Waals surface area contributed by atoms with Gasteiger partial charge in [-0.2, -0.15) is 0 Å². The second-order valence-electron chi connectivity index (χ2n) is 7.18. The summed E-state index contributed by atoms with van der Waals surface area (Å²) in [4.78, 5) is 4.85. The van der Waals surface area contributed by atoms with Crippen molar-refractivity contribution < 1.29 is 0 Å². The third-order valence-electron chi connectivity index (χ3n) is 4.76. The second kappa shape index (κ2) is 8.60. The van der Waals surface area contributed by atoms with Gasteiger partial charge >= 0.3 is 0 Å².